The molecule has 1 amide bonds. The lowest BCUT2D eigenvalue weighted by Gasteiger charge is -2.60. The van der Waals surface area contributed by atoms with Crippen molar-refractivity contribution in [3.8, 4) is 0 Å². The second kappa shape index (κ2) is 8.71. The van der Waals surface area contributed by atoms with Crippen molar-refractivity contribution in [2.75, 3.05) is 56.8 Å². The minimum atomic E-state index is -0.509. The number of nitrogens with zero attached hydrogens (tertiary/aromatic N) is 4. The molecular formula is C22H40N4O3S. The zero-order valence-electron chi connectivity index (χ0n) is 19.9. The molecule has 2 aliphatic heterocycles. The molecule has 3 heterocycles. The van der Waals surface area contributed by atoms with E-state index in [1.807, 2.05) is 30.4 Å². The lowest BCUT2D eigenvalue weighted by atomic mass is 9.73. The Balaban J connectivity index is 1.38. The van der Waals surface area contributed by atoms with Gasteiger partial charge in [0.15, 0.2) is 0 Å². The van der Waals surface area contributed by atoms with Crippen molar-refractivity contribution >= 4 is 16.1 Å². The highest BCUT2D eigenvalue weighted by atomic mass is 32.3. The predicted molar refractivity (Wildman–Crippen MR) is 123 cm³/mol. The molecule has 2 saturated heterocycles. The topological polar surface area (TPSA) is 59.8 Å². The van der Waals surface area contributed by atoms with Gasteiger partial charge in [-0.05, 0) is 46.0 Å². The summed E-state index contributed by atoms with van der Waals surface area (Å²) in [5, 5.41) is 4.62. The molecule has 1 aromatic rings. The largest absolute Gasteiger partial charge is 0.444 e. The second-order valence-electron chi connectivity index (χ2n) is 10.6. The van der Waals surface area contributed by atoms with E-state index >= 15 is 0 Å². The molecule has 0 unspecified atom stereocenters. The highest BCUT2D eigenvalue weighted by molar-refractivity contribution is 8.32. The summed E-state index contributed by atoms with van der Waals surface area (Å²) >= 11 is 0. The smallest absolute Gasteiger partial charge is 0.410 e. The third-order valence-electron chi connectivity index (χ3n) is 6.05. The van der Waals surface area contributed by atoms with E-state index in [1.165, 1.54) is 11.3 Å². The Hall–Kier alpha value is -1.25. The van der Waals surface area contributed by atoms with E-state index in [2.05, 4.69) is 42.6 Å². The standard InChI is InChI=1S/C22H40N4O3S/c1-8-30(6,7)10-9-28-17-26-12-19(18(2)23-26)11-24-13-22(14-24)15-25(16-22)20(27)29-21(3,4)5/h12H,8-11,13-17H2,1-7H3. The van der Waals surface area contributed by atoms with Crippen LogP contribution in [0.4, 0.5) is 4.79 Å². The number of carbonyl (C=O) groups is 1. The van der Waals surface area contributed by atoms with Gasteiger partial charge in [0.1, 0.15) is 12.3 Å². The number of amides is 1. The van der Waals surface area contributed by atoms with Gasteiger partial charge in [0.05, 0.1) is 12.3 Å². The Bertz CT molecular complexity index is 742. The summed E-state index contributed by atoms with van der Waals surface area (Å²) in [6, 6.07) is 0. The minimum absolute atomic E-state index is 0.187. The second-order valence-corrected chi connectivity index (χ2v) is 15.1. The van der Waals surface area contributed by atoms with Crippen LogP contribution in [0.2, 0.25) is 0 Å². The number of ether oxygens (including phenoxy) is 2. The molecule has 30 heavy (non-hydrogen) atoms. The summed E-state index contributed by atoms with van der Waals surface area (Å²) in [5.41, 5.74) is 2.16. The monoisotopic (exact) mass is 440 g/mol. The van der Waals surface area contributed by atoms with Crippen LogP contribution in [-0.2, 0) is 22.7 Å². The molecule has 2 fully saturated rings. The number of hydrogen-bond donors (Lipinski definition) is 0. The highest BCUT2D eigenvalue weighted by Gasteiger charge is 2.53. The molecule has 0 aliphatic carbocycles. The summed E-state index contributed by atoms with van der Waals surface area (Å²) < 4.78 is 13.2. The van der Waals surface area contributed by atoms with Crippen LogP contribution >= 0.6 is 10.0 Å². The van der Waals surface area contributed by atoms with Gasteiger partial charge in [-0.25, -0.2) is 19.5 Å². The van der Waals surface area contributed by atoms with Crippen molar-refractivity contribution in [3.05, 3.63) is 17.5 Å². The molecule has 7 nitrogen and oxygen atoms in total. The molecule has 0 radical (unpaired) electrons. The fourth-order valence-corrected chi connectivity index (χ4v) is 4.90. The first-order valence-electron chi connectivity index (χ1n) is 10.9. The molecule has 2 aliphatic rings. The quantitative estimate of drug-likeness (QED) is 0.581. The zero-order chi connectivity index (χ0) is 22.2. The predicted octanol–water partition coefficient (Wildman–Crippen LogP) is 3.30. The van der Waals surface area contributed by atoms with Crippen molar-refractivity contribution in [2.24, 2.45) is 5.41 Å². The first-order chi connectivity index (χ1) is 13.9. The Labute approximate surface area is 183 Å². The third-order valence-corrected chi connectivity index (χ3v) is 8.88. The molecular weight excluding hydrogens is 400 g/mol. The Morgan fingerprint density at radius 1 is 1.23 bits per heavy atom. The number of aryl methyl sites for hydroxylation is 1. The highest BCUT2D eigenvalue weighted by Crippen LogP contribution is 2.41. The Kier molecular flexibility index (Phi) is 6.80. The SMILES string of the molecule is CCS(C)(C)CCOCn1cc(CN2CC3(C2)CN(C(=O)OC(C)(C)C)C3)c(C)n1. The first kappa shape index (κ1) is 23.4. The fourth-order valence-electron chi connectivity index (χ4n) is 4.04. The van der Waals surface area contributed by atoms with E-state index in [-0.39, 0.29) is 11.5 Å². The summed E-state index contributed by atoms with van der Waals surface area (Å²) in [4.78, 5) is 16.4. The van der Waals surface area contributed by atoms with Crippen LogP contribution < -0.4 is 0 Å². The van der Waals surface area contributed by atoms with Gasteiger partial charge in [0, 0.05) is 55.7 Å². The van der Waals surface area contributed by atoms with E-state index in [9.17, 15) is 4.79 Å². The normalized spacial score (nSPS) is 19.5. The van der Waals surface area contributed by atoms with Crippen molar-refractivity contribution in [1.29, 1.82) is 0 Å². The molecule has 172 valence electrons. The van der Waals surface area contributed by atoms with Crippen LogP contribution in [0.25, 0.3) is 0 Å². The average molecular weight is 441 g/mol. The molecule has 3 rings (SSSR count). The lowest BCUT2D eigenvalue weighted by molar-refractivity contribution is -0.115. The van der Waals surface area contributed by atoms with Gasteiger partial charge in [-0.3, -0.25) is 4.90 Å². The van der Waals surface area contributed by atoms with Gasteiger partial charge >= 0.3 is 6.09 Å². The van der Waals surface area contributed by atoms with Crippen LogP contribution in [0.3, 0.4) is 0 Å². The number of aromatic nitrogens is 2. The van der Waals surface area contributed by atoms with Crippen molar-refractivity contribution < 1.29 is 14.3 Å². The number of rotatable bonds is 8. The minimum Gasteiger partial charge on any atom is -0.444 e. The lowest BCUT2D eigenvalue weighted by Crippen LogP contribution is -2.72. The van der Waals surface area contributed by atoms with E-state index in [0.29, 0.717) is 6.73 Å². The van der Waals surface area contributed by atoms with Gasteiger partial charge in [0.2, 0.25) is 0 Å². The van der Waals surface area contributed by atoms with Gasteiger partial charge in [-0.15, -0.1) is 0 Å². The molecule has 1 spiro atoms. The van der Waals surface area contributed by atoms with E-state index in [4.69, 9.17) is 9.47 Å². The zero-order valence-corrected chi connectivity index (χ0v) is 20.7. The Morgan fingerprint density at radius 2 is 1.90 bits per heavy atom. The van der Waals surface area contributed by atoms with E-state index < -0.39 is 15.6 Å². The molecule has 1 aromatic heterocycles. The number of carbonyl (C=O) groups excluding carboxylic acids is 1. The molecule has 0 N–H and O–H groups in total. The molecule has 0 saturated carbocycles. The third kappa shape index (κ3) is 5.92. The van der Waals surface area contributed by atoms with Crippen molar-refractivity contribution in [1.82, 2.24) is 19.6 Å². The van der Waals surface area contributed by atoms with Crippen LogP contribution in [0, 0.1) is 12.3 Å². The van der Waals surface area contributed by atoms with Crippen molar-refractivity contribution in [3.63, 3.8) is 0 Å². The maximum absolute atomic E-state index is 12.1. The van der Waals surface area contributed by atoms with Gasteiger partial charge < -0.3 is 14.4 Å². The van der Waals surface area contributed by atoms with Crippen LogP contribution in [0.1, 0.15) is 39.0 Å². The van der Waals surface area contributed by atoms with Crippen LogP contribution in [0.5, 0.6) is 0 Å². The van der Waals surface area contributed by atoms with Gasteiger partial charge in [-0.2, -0.15) is 5.10 Å². The Morgan fingerprint density at radius 3 is 2.50 bits per heavy atom. The van der Waals surface area contributed by atoms with Crippen LogP contribution in [-0.4, -0.2) is 88.1 Å². The van der Waals surface area contributed by atoms with E-state index in [1.54, 1.807) is 0 Å². The molecule has 8 heteroatoms. The molecule has 0 aromatic carbocycles. The van der Waals surface area contributed by atoms with Crippen LogP contribution in [0.15, 0.2) is 6.20 Å². The summed E-state index contributed by atoms with van der Waals surface area (Å²) in [7, 11) is -0.509. The first-order valence-corrected chi connectivity index (χ1v) is 13.7. The van der Waals surface area contributed by atoms with Crippen molar-refractivity contribution in [2.45, 2.75) is 53.5 Å². The summed E-state index contributed by atoms with van der Waals surface area (Å²) in [5.74, 6) is 2.39. The maximum Gasteiger partial charge on any atom is 0.410 e. The maximum atomic E-state index is 12.1. The molecule has 0 atom stereocenters. The van der Waals surface area contributed by atoms with Gasteiger partial charge in [-0.1, -0.05) is 6.92 Å². The van der Waals surface area contributed by atoms with Gasteiger partial charge in [0.25, 0.3) is 0 Å². The van der Waals surface area contributed by atoms with E-state index in [0.717, 1.165) is 50.8 Å². The number of hydrogen-bond acceptors (Lipinski definition) is 5. The average Bonchev–Trinajstić information content (AvgIpc) is 2.90. The summed E-state index contributed by atoms with van der Waals surface area (Å²) in [6.07, 6.45) is 6.65. The summed E-state index contributed by atoms with van der Waals surface area (Å²) in [6.45, 7) is 16.0. The fraction of sp³-hybridized carbons (Fsp3) is 0.818. The number of likely N-dealkylation sites (tertiary alicyclic amines) is 2. The molecule has 0 bridgehead atoms.